The Morgan fingerprint density at radius 3 is 2.40 bits per heavy atom. The molecule has 0 bridgehead atoms. The number of halogens is 2. The summed E-state index contributed by atoms with van der Waals surface area (Å²) in [5, 5.41) is 0. The maximum absolute atomic E-state index is 2.46. The summed E-state index contributed by atoms with van der Waals surface area (Å²) >= 11 is -0.0868. The van der Waals surface area contributed by atoms with Crippen molar-refractivity contribution in [3.8, 4) is 0 Å². The van der Waals surface area contributed by atoms with E-state index in [1.54, 1.807) is 13.0 Å². The standard InChI is InChI=1S/C10H9.C6H8P.2ClH.Ti/c1-8-6-7-9-4-2-3-5-10(8)9;1-5-3-7-4-6(5)2;;;/h2-5,7-8H,1H3;3,7H,1-2H3;2*1H;/q;;;;+2/p-2. The summed E-state index contributed by atoms with van der Waals surface area (Å²) in [4.78, 5) is 0. The molecule has 1 aromatic heterocycles. The zero-order valence-electron chi connectivity index (χ0n) is 11.8. The predicted molar refractivity (Wildman–Crippen MR) is 77.9 cm³/mol. The summed E-state index contributed by atoms with van der Waals surface area (Å²) in [5.41, 5.74) is 6.07. The van der Waals surface area contributed by atoms with Crippen LogP contribution in [0.15, 0.2) is 33.9 Å². The second-order valence-corrected chi connectivity index (χ2v) is 8.98. The zero-order valence-corrected chi connectivity index (χ0v) is 15.9. The molecule has 0 nitrogen and oxygen atoms in total. The Morgan fingerprint density at radius 1 is 1.10 bits per heavy atom. The molecule has 0 fully saturated rings. The number of hydrogen-bond donors (Lipinski definition) is 0. The third-order valence-corrected chi connectivity index (χ3v) is 8.67. The van der Waals surface area contributed by atoms with Gasteiger partial charge in [-0.15, -0.1) is 0 Å². The third-order valence-electron chi connectivity index (χ3n) is 3.91. The van der Waals surface area contributed by atoms with Crippen molar-refractivity contribution in [2.75, 3.05) is 0 Å². The molecule has 1 aromatic carbocycles. The molecule has 0 spiro atoms. The van der Waals surface area contributed by atoms with Crippen LogP contribution in [0.4, 0.5) is 0 Å². The Labute approximate surface area is 144 Å². The zero-order chi connectivity index (χ0) is 12.7. The Kier molecular flexibility index (Phi) is 6.64. The molecule has 4 heteroatoms. The van der Waals surface area contributed by atoms with Crippen molar-refractivity contribution in [2.24, 2.45) is 0 Å². The monoisotopic (exact) mass is 358 g/mol. The second kappa shape index (κ2) is 7.34. The molecular weight excluding hydrogens is 342 g/mol. The maximum Gasteiger partial charge on any atom is -1.00 e. The summed E-state index contributed by atoms with van der Waals surface area (Å²) in [6.07, 6.45) is 2.46. The minimum Gasteiger partial charge on any atom is -1.00 e. The van der Waals surface area contributed by atoms with Gasteiger partial charge in [0, 0.05) is 0 Å². The van der Waals surface area contributed by atoms with E-state index >= 15 is 0 Å². The van der Waals surface area contributed by atoms with E-state index in [4.69, 9.17) is 0 Å². The van der Waals surface area contributed by atoms with Crippen LogP contribution < -0.4 is 28.4 Å². The summed E-state index contributed by atoms with van der Waals surface area (Å²) < 4.78 is 3.47. The van der Waals surface area contributed by atoms with Crippen LogP contribution >= 0.6 is 8.19 Å². The molecule has 1 aliphatic carbocycles. The molecule has 1 heterocycles. The molecule has 2 aromatic rings. The average molecular weight is 359 g/mol. The minimum absolute atomic E-state index is 0. The van der Waals surface area contributed by atoms with Crippen molar-refractivity contribution in [2.45, 2.75) is 26.7 Å². The molecule has 104 valence electrons. The third kappa shape index (κ3) is 3.26. The van der Waals surface area contributed by atoms with Crippen LogP contribution in [0.3, 0.4) is 0 Å². The second-order valence-electron chi connectivity index (χ2n) is 5.05. The van der Waals surface area contributed by atoms with Crippen molar-refractivity contribution < 1.29 is 44.0 Å². The number of aryl methyl sites for hydroxylation is 1. The van der Waals surface area contributed by atoms with Gasteiger partial charge >= 0.3 is 120 Å². The Balaban J connectivity index is 0.000001000. The van der Waals surface area contributed by atoms with E-state index < -0.39 is 0 Å². The molecular formula is C16H17Cl2PTi. The fourth-order valence-electron chi connectivity index (χ4n) is 2.51. The molecule has 0 saturated heterocycles. The molecule has 1 aliphatic rings. The maximum atomic E-state index is 2.46. The van der Waals surface area contributed by atoms with E-state index in [-0.39, 0.29) is 44.0 Å². The number of allylic oxidation sites excluding steroid dienone is 1. The molecule has 0 N–H and O–H groups in total. The van der Waals surface area contributed by atoms with Gasteiger partial charge in [0.25, 0.3) is 0 Å². The van der Waals surface area contributed by atoms with Gasteiger partial charge in [-0.25, -0.2) is 0 Å². The summed E-state index contributed by atoms with van der Waals surface area (Å²) in [6, 6.07) is 8.86. The number of benzene rings is 1. The van der Waals surface area contributed by atoms with Gasteiger partial charge in [-0.05, 0) is 0 Å². The van der Waals surface area contributed by atoms with Crippen LogP contribution in [0.2, 0.25) is 0 Å². The summed E-state index contributed by atoms with van der Waals surface area (Å²) in [7, 11) is 0.956. The van der Waals surface area contributed by atoms with E-state index in [0.29, 0.717) is 5.92 Å². The summed E-state index contributed by atoms with van der Waals surface area (Å²) in [5.74, 6) is 3.06. The first-order chi connectivity index (χ1) is 8.66. The predicted octanol–water partition coefficient (Wildman–Crippen LogP) is -1.79. The fourth-order valence-corrected chi connectivity index (χ4v) is 6.83. The van der Waals surface area contributed by atoms with Gasteiger partial charge in [0.2, 0.25) is 0 Å². The van der Waals surface area contributed by atoms with Crippen LogP contribution in [-0.2, 0) is 19.2 Å². The average Bonchev–Trinajstić information content (AvgIpc) is 2.86. The van der Waals surface area contributed by atoms with E-state index in [9.17, 15) is 0 Å². The van der Waals surface area contributed by atoms with Gasteiger partial charge in [-0.2, -0.15) is 0 Å². The first-order valence-corrected chi connectivity index (χ1v) is 9.03. The first-order valence-electron chi connectivity index (χ1n) is 6.39. The van der Waals surface area contributed by atoms with Crippen LogP contribution in [0.1, 0.15) is 35.1 Å². The van der Waals surface area contributed by atoms with E-state index in [0.717, 1.165) is 8.19 Å². The molecule has 2 atom stereocenters. The van der Waals surface area contributed by atoms with Crippen LogP contribution in [-0.4, -0.2) is 0 Å². The van der Waals surface area contributed by atoms with Crippen molar-refractivity contribution in [1.82, 2.24) is 0 Å². The molecule has 0 aliphatic heterocycles. The largest absolute Gasteiger partial charge is 1.00 e. The van der Waals surface area contributed by atoms with E-state index in [2.05, 4.69) is 56.9 Å². The Hall–Kier alpha value is 0.0343. The van der Waals surface area contributed by atoms with E-state index in [1.807, 2.05) is 0 Å². The topological polar surface area (TPSA) is 0 Å². The van der Waals surface area contributed by atoms with Crippen molar-refractivity contribution >= 4 is 17.9 Å². The Bertz CT molecular complexity index is 631. The number of hydrogen-bond acceptors (Lipinski definition) is 0. The minimum atomic E-state index is -0.0868. The Morgan fingerprint density at radius 2 is 1.80 bits per heavy atom. The fraction of sp³-hybridized carbons (Fsp3) is 0.250. The quantitative estimate of drug-likeness (QED) is 0.556. The molecule has 2 unspecified atom stereocenters. The van der Waals surface area contributed by atoms with Crippen molar-refractivity contribution in [3.63, 3.8) is 0 Å². The normalized spacial score (nSPS) is 15.9. The summed E-state index contributed by atoms with van der Waals surface area (Å²) in [6.45, 7) is 6.93. The van der Waals surface area contributed by atoms with Gasteiger partial charge in [-0.3, -0.25) is 0 Å². The number of rotatable bonds is 2. The SMILES string of the molecule is Cc1c[pH][c]([Ti+2][C]2=Cc3ccccc3C2C)c1C.[Cl-].[Cl-]. The smallest absolute Gasteiger partial charge is 1.00 e. The van der Waals surface area contributed by atoms with E-state index in [1.165, 1.54) is 16.7 Å². The van der Waals surface area contributed by atoms with Crippen LogP contribution in [0.5, 0.6) is 0 Å². The van der Waals surface area contributed by atoms with Gasteiger partial charge in [-0.1, -0.05) is 0 Å². The van der Waals surface area contributed by atoms with Crippen LogP contribution in [0.25, 0.3) is 6.08 Å². The molecule has 20 heavy (non-hydrogen) atoms. The number of fused-ring (bicyclic) bond motifs is 1. The van der Waals surface area contributed by atoms with Crippen LogP contribution in [0, 0.1) is 13.8 Å². The van der Waals surface area contributed by atoms with Gasteiger partial charge in [0.05, 0.1) is 0 Å². The molecule has 0 amide bonds. The van der Waals surface area contributed by atoms with Crippen molar-refractivity contribution in [3.05, 3.63) is 56.2 Å². The molecule has 3 rings (SSSR count). The first kappa shape index (κ1) is 18.1. The molecule has 0 saturated carbocycles. The van der Waals surface area contributed by atoms with Crippen molar-refractivity contribution in [1.29, 1.82) is 0 Å². The van der Waals surface area contributed by atoms with Gasteiger partial charge in [0.1, 0.15) is 0 Å². The molecule has 0 radical (unpaired) electrons. The van der Waals surface area contributed by atoms with Gasteiger partial charge in [0.15, 0.2) is 0 Å². The van der Waals surface area contributed by atoms with Gasteiger partial charge < -0.3 is 24.8 Å².